The fourth-order valence-corrected chi connectivity index (χ4v) is 3.26. The molecule has 0 saturated heterocycles. The Hall–Kier alpha value is -2.73. The van der Waals surface area contributed by atoms with Crippen LogP contribution in [0.3, 0.4) is 0 Å². The van der Waals surface area contributed by atoms with Crippen LogP contribution in [0.2, 0.25) is 0 Å². The van der Waals surface area contributed by atoms with Gasteiger partial charge in [0.1, 0.15) is 0 Å². The molecule has 0 spiro atoms. The van der Waals surface area contributed by atoms with Gasteiger partial charge in [0.25, 0.3) is 11.5 Å². The lowest BCUT2D eigenvalue weighted by Gasteiger charge is -2.10. The molecule has 3 aromatic rings. The number of aryl methyl sites for hydroxylation is 1. The van der Waals surface area contributed by atoms with E-state index < -0.39 is 0 Å². The van der Waals surface area contributed by atoms with Gasteiger partial charge in [-0.1, -0.05) is 38.1 Å². The Labute approximate surface area is 156 Å². The van der Waals surface area contributed by atoms with Gasteiger partial charge in [-0.25, -0.2) is 4.98 Å². The molecule has 1 aromatic carbocycles. The highest BCUT2D eigenvalue weighted by Gasteiger charge is 2.10. The zero-order valence-corrected chi connectivity index (χ0v) is 15.8. The molecule has 1 N–H and O–H groups in total. The molecule has 0 bridgehead atoms. The first-order valence-electron chi connectivity index (χ1n) is 8.45. The third-order valence-corrected chi connectivity index (χ3v) is 4.96. The van der Waals surface area contributed by atoms with Gasteiger partial charge in [0.2, 0.25) is 0 Å². The van der Waals surface area contributed by atoms with Crippen molar-refractivity contribution < 1.29 is 4.79 Å². The molecule has 0 aliphatic heterocycles. The number of aromatic nitrogens is 2. The first kappa shape index (κ1) is 18.1. The van der Waals surface area contributed by atoms with Crippen molar-refractivity contribution in [1.29, 1.82) is 0 Å². The molecular formula is C20H21N3O2S. The quantitative estimate of drug-likeness (QED) is 0.740. The zero-order valence-electron chi connectivity index (χ0n) is 15.0. The van der Waals surface area contributed by atoms with E-state index in [1.54, 1.807) is 10.8 Å². The van der Waals surface area contributed by atoms with Crippen molar-refractivity contribution in [2.45, 2.75) is 33.2 Å². The van der Waals surface area contributed by atoms with Crippen LogP contribution in [0.1, 0.15) is 46.9 Å². The third-order valence-electron chi connectivity index (χ3n) is 4.08. The Morgan fingerprint density at radius 3 is 2.54 bits per heavy atom. The number of rotatable bonds is 5. The minimum absolute atomic E-state index is 0.139. The lowest BCUT2D eigenvalue weighted by molar-refractivity contribution is 0.102. The summed E-state index contributed by atoms with van der Waals surface area (Å²) in [6, 6.07) is 11.2. The van der Waals surface area contributed by atoms with Crippen LogP contribution in [0.25, 0.3) is 0 Å². The average Bonchev–Trinajstić information content (AvgIpc) is 3.02. The highest BCUT2D eigenvalue weighted by Crippen LogP contribution is 2.16. The number of thiazole rings is 1. The molecule has 0 atom stereocenters. The van der Waals surface area contributed by atoms with Crippen LogP contribution in [-0.4, -0.2) is 15.5 Å². The maximum absolute atomic E-state index is 12.4. The molecule has 6 heteroatoms. The SMILES string of the molecule is Cc1csc(NC(=O)c2ccc(=O)n(Cc3ccc(C(C)C)cc3)c2)n1. The molecule has 2 aromatic heterocycles. The summed E-state index contributed by atoms with van der Waals surface area (Å²) >= 11 is 1.37. The summed E-state index contributed by atoms with van der Waals surface area (Å²) in [5.74, 6) is 0.191. The standard InChI is InChI=1S/C20H21N3O2S/c1-13(2)16-6-4-15(5-7-16)10-23-11-17(8-9-18(23)24)19(25)22-20-21-14(3)12-26-20/h4-9,11-13H,10H2,1-3H3,(H,21,22,25). The Morgan fingerprint density at radius 2 is 1.92 bits per heavy atom. The molecule has 0 unspecified atom stereocenters. The first-order chi connectivity index (χ1) is 12.4. The predicted molar refractivity (Wildman–Crippen MR) is 105 cm³/mol. The van der Waals surface area contributed by atoms with Crippen molar-refractivity contribution in [3.05, 3.63) is 80.7 Å². The number of amides is 1. The molecule has 0 aliphatic rings. The molecule has 0 saturated carbocycles. The van der Waals surface area contributed by atoms with Gasteiger partial charge >= 0.3 is 0 Å². The molecule has 0 aliphatic carbocycles. The van der Waals surface area contributed by atoms with E-state index in [0.29, 0.717) is 23.2 Å². The highest BCUT2D eigenvalue weighted by atomic mass is 32.1. The van der Waals surface area contributed by atoms with Crippen LogP contribution in [0.5, 0.6) is 0 Å². The summed E-state index contributed by atoms with van der Waals surface area (Å²) in [5.41, 5.74) is 3.42. The fraction of sp³-hybridized carbons (Fsp3) is 0.250. The summed E-state index contributed by atoms with van der Waals surface area (Å²) in [7, 11) is 0. The van der Waals surface area contributed by atoms with Crippen molar-refractivity contribution in [1.82, 2.24) is 9.55 Å². The van der Waals surface area contributed by atoms with Gasteiger partial charge in [0.05, 0.1) is 17.8 Å². The van der Waals surface area contributed by atoms with Crippen molar-refractivity contribution >= 4 is 22.4 Å². The van der Waals surface area contributed by atoms with E-state index in [0.717, 1.165) is 11.3 Å². The Bertz CT molecular complexity index is 971. The Morgan fingerprint density at radius 1 is 1.19 bits per heavy atom. The molecule has 134 valence electrons. The second-order valence-electron chi connectivity index (χ2n) is 6.53. The summed E-state index contributed by atoms with van der Waals surface area (Å²) in [6.45, 7) is 6.59. The number of nitrogens with one attached hydrogen (secondary N) is 1. The van der Waals surface area contributed by atoms with Gasteiger partial charge in [-0.15, -0.1) is 11.3 Å². The van der Waals surface area contributed by atoms with Crippen LogP contribution in [-0.2, 0) is 6.54 Å². The number of anilines is 1. The van der Waals surface area contributed by atoms with Crippen LogP contribution >= 0.6 is 11.3 Å². The van der Waals surface area contributed by atoms with Crippen LogP contribution in [0.4, 0.5) is 5.13 Å². The number of hydrogen-bond acceptors (Lipinski definition) is 4. The van der Waals surface area contributed by atoms with Crippen molar-refractivity contribution in [2.24, 2.45) is 0 Å². The average molecular weight is 367 g/mol. The van der Waals surface area contributed by atoms with Crippen molar-refractivity contribution in [3.63, 3.8) is 0 Å². The zero-order chi connectivity index (χ0) is 18.7. The van der Waals surface area contributed by atoms with Crippen LogP contribution in [0.15, 0.2) is 52.8 Å². The van der Waals surface area contributed by atoms with Crippen LogP contribution < -0.4 is 10.9 Å². The highest BCUT2D eigenvalue weighted by molar-refractivity contribution is 7.13. The molecule has 5 nitrogen and oxygen atoms in total. The van der Waals surface area contributed by atoms with E-state index >= 15 is 0 Å². The van der Waals surface area contributed by atoms with Gasteiger partial charge in [-0.05, 0) is 30.0 Å². The first-order valence-corrected chi connectivity index (χ1v) is 9.33. The van der Waals surface area contributed by atoms with E-state index in [2.05, 4.69) is 36.3 Å². The number of benzene rings is 1. The normalized spacial score (nSPS) is 10.9. The van der Waals surface area contributed by atoms with E-state index in [4.69, 9.17) is 0 Å². The number of hydrogen-bond donors (Lipinski definition) is 1. The minimum Gasteiger partial charge on any atom is -0.310 e. The number of pyridine rings is 1. The second kappa shape index (κ2) is 7.66. The van der Waals surface area contributed by atoms with Gasteiger partial charge in [0.15, 0.2) is 5.13 Å². The number of nitrogens with zero attached hydrogens (tertiary/aromatic N) is 2. The molecule has 0 radical (unpaired) electrons. The predicted octanol–water partition coefficient (Wildman–Crippen LogP) is 4.04. The maximum atomic E-state index is 12.4. The summed E-state index contributed by atoms with van der Waals surface area (Å²) < 4.78 is 1.55. The van der Waals surface area contributed by atoms with Gasteiger partial charge in [-0.2, -0.15) is 0 Å². The van der Waals surface area contributed by atoms with E-state index in [9.17, 15) is 9.59 Å². The smallest absolute Gasteiger partial charge is 0.258 e. The summed E-state index contributed by atoms with van der Waals surface area (Å²) in [5, 5.41) is 5.19. The van der Waals surface area contributed by atoms with Crippen molar-refractivity contribution in [3.8, 4) is 0 Å². The van der Waals surface area contributed by atoms with Crippen molar-refractivity contribution in [2.75, 3.05) is 5.32 Å². The maximum Gasteiger partial charge on any atom is 0.258 e. The molecule has 2 heterocycles. The van der Waals surface area contributed by atoms with E-state index in [1.807, 2.05) is 24.4 Å². The van der Waals surface area contributed by atoms with Gasteiger partial charge in [0, 0.05) is 17.6 Å². The Balaban J connectivity index is 1.78. The summed E-state index contributed by atoms with van der Waals surface area (Å²) in [4.78, 5) is 28.8. The largest absolute Gasteiger partial charge is 0.310 e. The lowest BCUT2D eigenvalue weighted by atomic mass is 10.0. The second-order valence-corrected chi connectivity index (χ2v) is 7.39. The number of carbonyl (C=O) groups is 1. The number of carbonyl (C=O) groups excluding carboxylic acids is 1. The lowest BCUT2D eigenvalue weighted by Crippen LogP contribution is -2.22. The third kappa shape index (κ3) is 4.26. The molecule has 1 amide bonds. The molecule has 3 rings (SSSR count). The van der Waals surface area contributed by atoms with E-state index in [1.165, 1.54) is 29.0 Å². The van der Waals surface area contributed by atoms with Gasteiger partial charge < -0.3 is 4.57 Å². The van der Waals surface area contributed by atoms with E-state index in [-0.39, 0.29) is 11.5 Å². The molecule has 0 fully saturated rings. The minimum atomic E-state index is -0.275. The monoisotopic (exact) mass is 367 g/mol. The molecule has 26 heavy (non-hydrogen) atoms. The summed E-state index contributed by atoms with van der Waals surface area (Å²) in [6.07, 6.45) is 1.59. The molecular weight excluding hydrogens is 346 g/mol. The fourth-order valence-electron chi connectivity index (χ4n) is 2.57. The van der Waals surface area contributed by atoms with Crippen LogP contribution in [0, 0.1) is 6.92 Å². The van der Waals surface area contributed by atoms with Gasteiger partial charge in [-0.3, -0.25) is 14.9 Å². The Kier molecular flexibility index (Phi) is 5.32. The topological polar surface area (TPSA) is 64.0 Å².